The molecule has 1 aromatic heterocycles. The summed E-state index contributed by atoms with van der Waals surface area (Å²) in [4.78, 5) is 8.16. The lowest BCUT2D eigenvalue weighted by Crippen LogP contribution is -2.02. The molecule has 0 spiro atoms. The average molecular weight is 215 g/mol. The lowest BCUT2D eigenvalue weighted by molar-refractivity contribution is 0.475. The van der Waals surface area contributed by atoms with Crippen molar-refractivity contribution in [1.82, 2.24) is 9.97 Å². The van der Waals surface area contributed by atoms with Gasteiger partial charge in [-0.05, 0) is 30.7 Å². The van der Waals surface area contributed by atoms with E-state index >= 15 is 0 Å². The zero-order valence-corrected chi connectivity index (χ0v) is 9.01. The van der Waals surface area contributed by atoms with Gasteiger partial charge in [-0.15, -0.1) is 0 Å². The first-order valence-corrected chi connectivity index (χ1v) is 5.04. The molecule has 0 saturated carbocycles. The van der Waals surface area contributed by atoms with Gasteiger partial charge in [0.15, 0.2) is 0 Å². The third-order valence-corrected chi connectivity index (χ3v) is 2.29. The minimum Gasteiger partial charge on any atom is -0.508 e. The molecule has 1 aromatic carbocycles. The van der Waals surface area contributed by atoms with Crippen molar-refractivity contribution < 1.29 is 5.11 Å². The lowest BCUT2D eigenvalue weighted by atomic mass is 10.2. The molecule has 4 nitrogen and oxygen atoms in total. The molecule has 0 saturated heterocycles. The van der Waals surface area contributed by atoms with Gasteiger partial charge in [0.1, 0.15) is 5.75 Å². The highest BCUT2D eigenvalue weighted by molar-refractivity contribution is 5.53. The third kappa shape index (κ3) is 2.48. The van der Waals surface area contributed by atoms with Crippen molar-refractivity contribution in [1.29, 1.82) is 0 Å². The van der Waals surface area contributed by atoms with Gasteiger partial charge in [-0.2, -0.15) is 0 Å². The molecule has 0 atom stereocenters. The molecule has 82 valence electrons. The Labute approximate surface area is 94.0 Å². The first-order valence-electron chi connectivity index (χ1n) is 5.04. The summed E-state index contributed by atoms with van der Waals surface area (Å²) < 4.78 is 0. The summed E-state index contributed by atoms with van der Waals surface area (Å²) in [5.74, 6) is 0.280. The number of aryl methyl sites for hydroxylation is 1. The summed E-state index contributed by atoms with van der Waals surface area (Å²) in [7, 11) is 0. The van der Waals surface area contributed by atoms with Crippen molar-refractivity contribution in [3.8, 4) is 5.75 Å². The molecule has 2 rings (SSSR count). The van der Waals surface area contributed by atoms with Crippen LogP contribution >= 0.6 is 0 Å². The Hall–Kier alpha value is -2.10. The zero-order valence-electron chi connectivity index (χ0n) is 9.01. The number of hydrogen-bond acceptors (Lipinski definition) is 4. The largest absolute Gasteiger partial charge is 0.508 e. The number of phenolic OH excluding ortho intramolecular Hbond substituents is 1. The Morgan fingerprint density at radius 2 is 2.19 bits per heavy atom. The number of rotatable bonds is 3. The van der Waals surface area contributed by atoms with Crippen molar-refractivity contribution in [3.05, 3.63) is 48.0 Å². The Bertz CT molecular complexity index is 471. The second-order valence-corrected chi connectivity index (χ2v) is 3.55. The summed E-state index contributed by atoms with van der Waals surface area (Å²) in [6, 6.07) is 5.23. The van der Waals surface area contributed by atoms with Crippen LogP contribution in [0.4, 0.5) is 5.69 Å². The normalized spacial score (nSPS) is 10.1. The molecule has 0 bridgehead atoms. The van der Waals surface area contributed by atoms with Crippen LogP contribution in [0, 0.1) is 6.92 Å². The molecule has 0 unspecified atom stereocenters. The van der Waals surface area contributed by atoms with Crippen molar-refractivity contribution in [2.45, 2.75) is 13.5 Å². The second-order valence-electron chi connectivity index (χ2n) is 3.55. The molecule has 0 aliphatic rings. The summed E-state index contributed by atoms with van der Waals surface area (Å²) in [5.41, 5.74) is 2.88. The van der Waals surface area contributed by atoms with Gasteiger partial charge >= 0.3 is 0 Å². The standard InChI is InChI=1S/C12H13N3O/c1-9-6-11(16)2-3-12(9)15-8-10-7-13-4-5-14-10/h2-7,15-16H,8H2,1H3. The Kier molecular flexibility index (Phi) is 3.00. The number of anilines is 1. The van der Waals surface area contributed by atoms with Gasteiger partial charge in [-0.25, -0.2) is 0 Å². The van der Waals surface area contributed by atoms with Crippen LogP contribution in [0.2, 0.25) is 0 Å². The van der Waals surface area contributed by atoms with E-state index in [0.29, 0.717) is 6.54 Å². The number of phenols is 1. The van der Waals surface area contributed by atoms with E-state index in [1.54, 1.807) is 30.7 Å². The fourth-order valence-corrected chi connectivity index (χ4v) is 1.45. The Morgan fingerprint density at radius 3 is 2.88 bits per heavy atom. The lowest BCUT2D eigenvalue weighted by Gasteiger charge is -2.08. The minimum atomic E-state index is 0.280. The van der Waals surface area contributed by atoms with E-state index in [2.05, 4.69) is 15.3 Å². The van der Waals surface area contributed by atoms with Crippen LogP contribution in [0.25, 0.3) is 0 Å². The smallest absolute Gasteiger partial charge is 0.115 e. The second kappa shape index (κ2) is 4.61. The van der Waals surface area contributed by atoms with Gasteiger partial charge in [0.2, 0.25) is 0 Å². The van der Waals surface area contributed by atoms with E-state index in [4.69, 9.17) is 0 Å². The van der Waals surface area contributed by atoms with Crippen molar-refractivity contribution in [3.63, 3.8) is 0 Å². The fourth-order valence-electron chi connectivity index (χ4n) is 1.45. The monoisotopic (exact) mass is 215 g/mol. The van der Waals surface area contributed by atoms with Gasteiger partial charge in [-0.1, -0.05) is 0 Å². The van der Waals surface area contributed by atoms with Crippen LogP contribution in [0.1, 0.15) is 11.3 Å². The number of nitrogens with zero attached hydrogens (tertiary/aromatic N) is 2. The topological polar surface area (TPSA) is 58.0 Å². The van der Waals surface area contributed by atoms with E-state index in [-0.39, 0.29) is 5.75 Å². The van der Waals surface area contributed by atoms with E-state index in [9.17, 15) is 5.11 Å². The molecule has 0 aliphatic carbocycles. The van der Waals surface area contributed by atoms with Gasteiger partial charge in [0, 0.05) is 18.1 Å². The van der Waals surface area contributed by atoms with Gasteiger partial charge < -0.3 is 10.4 Å². The Morgan fingerprint density at radius 1 is 1.31 bits per heavy atom. The van der Waals surface area contributed by atoms with E-state index in [1.807, 2.05) is 13.0 Å². The van der Waals surface area contributed by atoms with Crippen molar-refractivity contribution in [2.75, 3.05) is 5.32 Å². The molecular formula is C12H13N3O. The highest BCUT2D eigenvalue weighted by Gasteiger charge is 1.99. The summed E-state index contributed by atoms with van der Waals surface area (Å²) in [6.07, 6.45) is 5.04. The highest BCUT2D eigenvalue weighted by Crippen LogP contribution is 2.20. The van der Waals surface area contributed by atoms with Gasteiger partial charge in [0.05, 0.1) is 18.4 Å². The van der Waals surface area contributed by atoms with E-state index in [1.165, 1.54) is 0 Å². The van der Waals surface area contributed by atoms with Crippen LogP contribution in [0.15, 0.2) is 36.8 Å². The Balaban J connectivity index is 2.05. The third-order valence-electron chi connectivity index (χ3n) is 2.29. The molecule has 0 aliphatic heterocycles. The SMILES string of the molecule is Cc1cc(O)ccc1NCc1cnccn1. The highest BCUT2D eigenvalue weighted by atomic mass is 16.3. The van der Waals surface area contributed by atoms with Crippen LogP contribution in [-0.4, -0.2) is 15.1 Å². The van der Waals surface area contributed by atoms with Gasteiger partial charge in [0.25, 0.3) is 0 Å². The van der Waals surface area contributed by atoms with E-state index in [0.717, 1.165) is 16.9 Å². The van der Waals surface area contributed by atoms with Gasteiger partial charge in [-0.3, -0.25) is 9.97 Å². The molecule has 16 heavy (non-hydrogen) atoms. The number of hydrogen-bond donors (Lipinski definition) is 2. The predicted octanol–water partition coefficient (Wildman–Crippen LogP) is 2.10. The molecule has 1 heterocycles. The van der Waals surface area contributed by atoms with Crippen LogP contribution in [0.5, 0.6) is 5.75 Å². The maximum absolute atomic E-state index is 9.27. The maximum Gasteiger partial charge on any atom is 0.115 e. The van der Waals surface area contributed by atoms with Crippen LogP contribution in [0.3, 0.4) is 0 Å². The van der Waals surface area contributed by atoms with Crippen LogP contribution < -0.4 is 5.32 Å². The number of aromatic hydroxyl groups is 1. The first kappa shape index (κ1) is 10.4. The van der Waals surface area contributed by atoms with Crippen molar-refractivity contribution in [2.24, 2.45) is 0 Å². The minimum absolute atomic E-state index is 0.280. The summed E-state index contributed by atoms with van der Waals surface area (Å²) in [5, 5.41) is 12.5. The quantitative estimate of drug-likeness (QED) is 0.770. The molecule has 2 aromatic rings. The molecular weight excluding hydrogens is 202 g/mol. The zero-order chi connectivity index (χ0) is 11.4. The van der Waals surface area contributed by atoms with Crippen LogP contribution in [-0.2, 0) is 6.54 Å². The maximum atomic E-state index is 9.27. The molecule has 4 heteroatoms. The average Bonchev–Trinajstić information content (AvgIpc) is 2.29. The first-order chi connectivity index (χ1) is 7.75. The summed E-state index contributed by atoms with van der Waals surface area (Å²) in [6.45, 7) is 2.57. The fraction of sp³-hybridized carbons (Fsp3) is 0.167. The number of benzene rings is 1. The van der Waals surface area contributed by atoms with Crippen molar-refractivity contribution >= 4 is 5.69 Å². The molecule has 0 amide bonds. The number of nitrogens with one attached hydrogen (secondary N) is 1. The molecule has 0 fully saturated rings. The molecule has 2 N–H and O–H groups in total. The predicted molar refractivity (Wildman–Crippen MR) is 62.2 cm³/mol. The number of aromatic nitrogens is 2. The molecule has 0 radical (unpaired) electrons. The summed E-state index contributed by atoms with van der Waals surface area (Å²) >= 11 is 0. The van der Waals surface area contributed by atoms with E-state index < -0.39 is 0 Å².